The fraction of sp³-hybridized carbons (Fsp3) is 0.923. The van der Waals surface area contributed by atoms with E-state index >= 15 is 0 Å². The van der Waals surface area contributed by atoms with Gasteiger partial charge in [-0.25, -0.2) is 0 Å². The number of hydrogen-bond acceptors (Lipinski definition) is 2. The Morgan fingerprint density at radius 2 is 2.31 bits per heavy atom. The summed E-state index contributed by atoms with van der Waals surface area (Å²) in [6.07, 6.45) is 6.89. The molecule has 3 nitrogen and oxygen atoms in total. The first-order chi connectivity index (χ1) is 7.76. The summed E-state index contributed by atoms with van der Waals surface area (Å²) >= 11 is 0. The molecule has 1 rings (SSSR count). The van der Waals surface area contributed by atoms with Crippen molar-refractivity contribution in [1.29, 1.82) is 0 Å². The molecule has 1 fully saturated rings. The van der Waals surface area contributed by atoms with Crippen molar-refractivity contribution in [3.63, 3.8) is 0 Å². The van der Waals surface area contributed by atoms with Crippen molar-refractivity contribution in [3.8, 4) is 0 Å². The summed E-state index contributed by atoms with van der Waals surface area (Å²) in [6, 6.07) is 0.494. The Kier molecular flexibility index (Phi) is 6.46. The third-order valence-electron chi connectivity index (χ3n) is 3.50. The maximum absolute atomic E-state index is 11.0. The maximum atomic E-state index is 11.0. The molecule has 0 radical (unpaired) electrons. The summed E-state index contributed by atoms with van der Waals surface area (Å²) in [5.74, 6) is 1.01. The van der Waals surface area contributed by atoms with Crippen LogP contribution in [0.25, 0.3) is 0 Å². The largest absolute Gasteiger partial charge is 0.355 e. The minimum Gasteiger partial charge on any atom is -0.355 e. The molecule has 1 amide bonds. The Balaban J connectivity index is 2.14. The summed E-state index contributed by atoms with van der Waals surface area (Å²) in [4.78, 5) is 11.0. The van der Waals surface area contributed by atoms with Crippen molar-refractivity contribution in [2.24, 2.45) is 5.92 Å². The lowest BCUT2D eigenvalue weighted by Gasteiger charge is -2.25. The lowest BCUT2D eigenvalue weighted by Crippen LogP contribution is -2.46. The summed E-state index contributed by atoms with van der Waals surface area (Å²) < 4.78 is 0. The van der Waals surface area contributed by atoms with E-state index in [0.29, 0.717) is 12.5 Å². The van der Waals surface area contributed by atoms with Crippen LogP contribution in [0, 0.1) is 5.92 Å². The van der Waals surface area contributed by atoms with Crippen molar-refractivity contribution in [2.45, 2.75) is 58.4 Å². The Labute approximate surface area is 99.4 Å². The van der Waals surface area contributed by atoms with Crippen molar-refractivity contribution >= 4 is 5.91 Å². The Morgan fingerprint density at radius 1 is 1.50 bits per heavy atom. The molecule has 16 heavy (non-hydrogen) atoms. The third-order valence-corrected chi connectivity index (χ3v) is 3.50. The van der Waals surface area contributed by atoms with Crippen molar-refractivity contribution in [2.75, 3.05) is 13.1 Å². The van der Waals surface area contributed by atoms with Gasteiger partial charge in [-0.3, -0.25) is 4.79 Å². The molecule has 0 saturated carbocycles. The molecule has 1 aliphatic rings. The highest BCUT2D eigenvalue weighted by Crippen LogP contribution is 2.12. The quantitative estimate of drug-likeness (QED) is 0.698. The second-order valence-corrected chi connectivity index (χ2v) is 4.86. The van der Waals surface area contributed by atoms with Crippen LogP contribution in [0.15, 0.2) is 0 Å². The molecular formula is C13H26N2O. The predicted molar refractivity (Wildman–Crippen MR) is 67.3 cm³/mol. The van der Waals surface area contributed by atoms with Crippen LogP contribution in [0.1, 0.15) is 52.4 Å². The molecule has 94 valence electrons. The van der Waals surface area contributed by atoms with Crippen LogP contribution in [0.2, 0.25) is 0 Å². The summed E-state index contributed by atoms with van der Waals surface area (Å²) in [6.45, 7) is 6.43. The number of carbonyl (C=O) groups is 1. The van der Waals surface area contributed by atoms with Crippen LogP contribution in [0.5, 0.6) is 0 Å². The van der Waals surface area contributed by atoms with Crippen LogP contribution in [0.4, 0.5) is 0 Å². The zero-order chi connectivity index (χ0) is 11.8. The van der Waals surface area contributed by atoms with Crippen molar-refractivity contribution < 1.29 is 4.79 Å². The van der Waals surface area contributed by atoms with Crippen molar-refractivity contribution in [3.05, 3.63) is 0 Å². The zero-order valence-corrected chi connectivity index (χ0v) is 10.7. The molecule has 0 aromatic carbocycles. The molecule has 1 aliphatic heterocycles. The maximum Gasteiger partial charge on any atom is 0.220 e. The summed E-state index contributed by atoms with van der Waals surface area (Å²) in [5.41, 5.74) is 0. The lowest BCUT2D eigenvalue weighted by molar-refractivity contribution is -0.122. The van der Waals surface area contributed by atoms with E-state index in [1.165, 1.54) is 25.7 Å². The molecule has 3 heteroatoms. The summed E-state index contributed by atoms with van der Waals surface area (Å²) in [7, 11) is 0. The molecule has 2 atom stereocenters. The van der Waals surface area contributed by atoms with Gasteiger partial charge in [0.25, 0.3) is 0 Å². The van der Waals surface area contributed by atoms with Crippen LogP contribution in [-0.4, -0.2) is 25.0 Å². The second kappa shape index (κ2) is 7.66. The van der Waals surface area contributed by atoms with Crippen LogP contribution >= 0.6 is 0 Å². The van der Waals surface area contributed by atoms with Gasteiger partial charge in [-0.05, 0) is 25.3 Å². The second-order valence-electron chi connectivity index (χ2n) is 4.86. The number of unbranched alkanes of at least 4 members (excludes halogenated alkanes) is 1. The summed E-state index contributed by atoms with van der Waals surface area (Å²) in [5, 5.41) is 6.50. The minimum absolute atomic E-state index is 0.205. The van der Waals surface area contributed by atoms with Gasteiger partial charge in [0, 0.05) is 19.0 Å². The minimum atomic E-state index is 0.205. The number of amides is 1. The van der Waals surface area contributed by atoms with E-state index in [1.54, 1.807) is 0 Å². The van der Waals surface area contributed by atoms with Gasteiger partial charge in [0.05, 0.1) is 0 Å². The van der Waals surface area contributed by atoms with E-state index in [4.69, 9.17) is 0 Å². The normalized spacial score (nSPS) is 22.9. The topological polar surface area (TPSA) is 41.1 Å². The van der Waals surface area contributed by atoms with Gasteiger partial charge >= 0.3 is 0 Å². The average Bonchev–Trinajstić information content (AvgIpc) is 2.32. The van der Waals surface area contributed by atoms with E-state index < -0.39 is 0 Å². The van der Waals surface area contributed by atoms with Crippen LogP contribution in [0.3, 0.4) is 0 Å². The van der Waals surface area contributed by atoms with Crippen LogP contribution in [-0.2, 0) is 4.79 Å². The molecule has 2 N–H and O–H groups in total. The molecule has 0 aromatic heterocycles. The zero-order valence-electron chi connectivity index (χ0n) is 10.7. The van der Waals surface area contributed by atoms with E-state index in [9.17, 15) is 4.79 Å². The van der Waals surface area contributed by atoms with Crippen LogP contribution < -0.4 is 10.6 Å². The standard InChI is InChI=1S/C13H26N2O/c1-3-5-6-11(4-2)9-14-12-7-8-13(16)15-10-12/h11-12,14H,3-10H2,1-2H3,(H,15,16). The third kappa shape index (κ3) is 4.97. The van der Waals surface area contributed by atoms with Gasteiger partial charge in [-0.15, -0.1) is 0 Å². The van der Waals surface area contributed by atoms with Gasteiger partial charge in [0.1, 0.15) is 0 Å². The van der Waals surface area contributed by atoms with Gasteiger partial charge in [-0.2, -0.15) is 0 Å². The molecular weight excluding hydrogens is 200 g/mol. The van der Waals surface area contributed by atoms with Gasteiger partial charge in [0.2, 0.25) is 5.91 Å². The first-order valence-electron chi connectivity index (χ1n) is 6.76. The highest BCUT2D eigenvalue weighted by Gasteiger charge is 2.18. The fourth-order valence-corrected chi connectivity index (χ4v) is 2.18. The Morgan fingerprint density at radius 3 is 2.88 bits per heavy atom. The Hall–Kier alpha value is -0.570. The van der Waals surface area contributed by atoms with Crippen molar-refractivity contribution in [1.82, 2.24) is 10.6 Å². The van der Waals surface area contributed by atoms with Gasteiger partial charge in [-0.1, -0.05) is 33.1 Å². The number of hydrogen-bond donors (Lipinski definition) is 2. The average molecular weight is 226 g/mol. The number of rotatable bonds is 7. The molecule has 0 aliphatic carbocycles. The molecule has 0 aromatic rings. The predicted octanol–water partition coefficient (Wildman–Crippen LogP) is 2.07. The molecule has 0 spiro atoms. The fourth-order valence-electron chi connectivity index (χ4n) is 2.18. The SMILES string of the molecule is CCCCC(CC)CNC1CCC(=O)NC1. The van der Waals surface area contributed by atoms with E-state index in [1.807, 2.05) is 0 Å². The van der Waals surface area contributed by atoms with Gasteiger partial charge in [0.15, 0.2) is 0 Å². The molecule has 1 heterocycles. The molecule has 2 unspecified atom stereocenters. The lowest BCUT2D eigenvalue weighted by atomic mass is 9.98. The highest BCUT2D eigenvalue weighted by atomic mass is 16.1. The first-order valence-corrected chi connectivity index (χ1v) is 6.76. The van der Waals surface area contributed by atoms with E-state index in [-0.39, 0.29) is 5.91 Å². The number of piperidine rings is 1. The monoisotopic (exact) mass is 226 g/mol. The van der Waals surface area contributed by atoms with E-state index in [2.05, 4.69) is 24.5 Å². The molecule has 0 bridgehead atoms. The van der Waals surface area contributed by atoms with Gasteiger partial charge < -0.3 is 10.6 Å². The Bertz CT molecular complexity index is 196. The smallest absolute Gasteiger partial charge is 0.220 e. The first kappa shape index (κ1) is 13.5. The number of nitrogens with one attached hydrogen (secondary N) is 2. The van der Waals surface area contributed by atoms with E-state index in [0.717, 1.165) is 25.4 Å². The number of carbonyl (C=O) groups excluding carboxylic acids is 1. The highest BCUT2D eigenvalue weighted by molar-refractivity contribution is 5.76. The molecule has 1 saturated heterocycles.